The van der Waals surface area contributed by atoms with Crippen molar-refractivity contribution in [3.05, 3.63) is 11.6 Å². The molecule has 8 nitrogen and oxygen atoms in total. The van der Waals surface area contributed by atoms with Crippen molar-refractivity contribution < 1.29 is 14.7 Å². The number of aromatic nitrogens is 3. The summed E-state index contributed by atoms with van der Waals surface area (Å²) in [4.78, 5) is 30.6. The summed E-state index contributed by atoms with van der Waals surface area (Å²) >= 11 is 0. The normalized spacial score (nSPS) is 20.1. The molecule has 0 bridgehead atoms. The van der Waals surface area contributed by atoms with Crippen molar-refractivity contribution in [1.82, 2.24) is 25.0 Å². The van der Waals surface area contributed by atoms with Crippen molar-refractivity contribution in [2.24, 2.45) is 0 Å². The Morgan fingerprint density at radius 2 is 1.95 bits per heavy atom. The Bertz CT molecular complexity index is 517. The fraction of sp³-hybridized carbons (Fsp3) is 0.667. The fourth-order valence-corrected chi connectivity index (χ4v) is 2.35. The second kappa shape index (κ2) is 5.20. The molecule has 20 heavy (non-hydrogen) atoms. The van der Waals surface area contributed by atoms with Crippen molar-refractivity contribution in [1.29, 1.82) is 0 Å². The van der Waals surface area contributed by atoms with Gasteiger partial charge >= 0.3 is 5.97 Å². The zero-order valence-electron chi connectivity index (χ0n) is 11.1. The molecule has 2 N–H and O–H groups in total. The largest absolute Gasteiger partial charge is 0.480 e. The van der Waals surface area contributed by atoms with Crippen LogP contribution >= 0.6 is 0 Å². The number of H-pyrrole nitrogens is 1. The first-order chi connectivity index (χ1) is 9.63. The lowest BCUT2D eigenvalue weighted by Crippen LogP contribution is -2.50. The molecule has 1 saturated carbocycles. The summed E-state index contributed by atoms with van der Waals surface area (Å²) in [6.45, 7) is 2.18. The molecule has 2 aliphatic rings. The highest BCUT2D eigenvalue weighted by Crippen LogP contribution is 2.37. The summed E-state index contributed by atoms with van der Waals surface area (Å²) in [5.74, 6) is 0.448. The van der Waals surface area contributed by atoms with Gasteiger partial charge in [-0.15, -0.1) is 5.10 Å². The Labute approximate surface area is 115 Å². The van der Waals surface area contributed by atoms with Crippen LogP contribution in [0, 0.1) is 0 Å². The van der Waals surface area contributed by atoms with E-state index in [-0.39, 0.29) is 18.3 Å². The highest BCUT2D eigenvalue weighted by molar-refractivity contribution is 5.90. The van der Waals surface area contributed by atoms with E-state index in [0.717, 1.165) is 18.7 Å². The van der Waals surface area contributed by atoms with Crippen LogP contribution in [0.3, 0.4) is 0 Å². The summed E-state index contributed by atoms with van der Waals surface area (Å²) in [5, 5.41) is 15.5. The monoisotopic (exact) mass is 279 g/mol. The first-order valence-electron chi connectivity index (χ1n) is 6.79. The number of rotatable bonds is 4. The molecule has 8 heteroatoms. The molecule has 1 aliphatic carbocycles. The number of amides is 1. The summed E-state index contributed by atoms with van der Waals surface area (Å²) in [5.41, 5.74) is 0. The molecule has 0 spiro atoms. The van der Waals surface area contributed by atoms with Gasteiger partial charge in [-0.2, -0.15) is 0 Å². The Hall–Kier alpha value is -1.96. The number of carboxylic acids is 1. The average Bonchev–Trinajstić information content (AvgIpc) is 3.16. The molecule has 0 radical (unpaired) electrons. The van der Waals surface area contributed by atoms with Gasteiger partial charge in [0, 0.05) is 32.1 Å². The topological polar surface area (TPSA) is 102 Å². The first kappa shape index (κ1) is 13.0. The molecule has 1 aromatic heterocycles. The number of carbonyl (C=O) groups excluding carboxylic acids is 1. The molecule has 1 saturated heterocycles. The predicted octanol–water partition coefficient (Wildman–Crippen LogP) is -0.475. The zero-order chi connectivity index (χ0) is 14.1. The molecule has 2 fully saturated rings. The van der Waals surface area contributed by atoms with Gasteiger partial charge in [-0.3, -0.25) is 19.6 Å². The quantitative estimate of drug-likeness (QED) is 0.772. The second-order valence-corrected chi connectivity index (χ2v) is 5.28. The minimum Gasteiger partial charge on any atom is -0.480 e. The van der Waals surface area contributed by atoms with E-state index in [1.54, 1.807) is 4.90 Å². The van der Waals surface area contributed by atoms with Crippen LogP contribution in [0.15, 0.2) is 0 Å². The van der Waals surface area contributed by atoms with Gasteiger partial charge < -0.3 is 10.0 Å². The third kappa shape index (κ3) is 2.79. The van der Waals surface area contributed by atoms with Gasteiger partial charge in [0.05, 0.1) is 6.54 Å². The van der Waals surface area contributed by atoms with E-state index in [2.05, 4.69) is 15.2 Å². The molecule has 0 aromatic carbocycles. The molecule has 3 rings (SSSR count). The third-order valence-electron chi connectivity index (χ3n) is 3.68. The van der Waals surface area contributed by atoms with E-state index in [1.807, 2.05) is 4.90 Å². The van der Waals surface area contributed by atoms with Gasteiger partial charge in [0.1, 0.15) is 5.82 Å². The lowest BCUT2D eigenvalue weighted by molar-refractivity contribution is -0.138. The molecule has 0 unspecified atom stereocenters. The average molecular weight is 279 g/mol. The third-order valence-corrected chi connectivity index (χ3v) is 3.68. The van der Waals surface area contributed by atoms with Crippen molar-refractivity contribution in [2.45, 2.75) is 18.8 Å². The minimum atomic E-state index is -0.840. The molecule has 0 atom stereocenters. The highest BCUT2D eigenvalue weighted by atomic mass is 16.4. The summed E-state index contributed by atoms with van der Waals surface area (Å²) < 4.78 is 0. The number of carboxylic acid groups (broad SMARTS) is 1. The van der Waals surface area contributed by atoms with Gasteiger partial charge in [0.25, 0.3) is 5.91 Å². The van der Waals surface area contributed by atoms with Gasteiger partial charge in [-0.25, -0.2) is 4.98 Å². The van der Waals surface area contributed by atoms with Crippen LogP contribution in [0.1, 0.15) is 35.2 Å². The van der Waals surface area contributed by atoms with Crippen LogP contribution in [0.2, 0.25) is 0 Å². The number of hydrogen-bond acceptors (Lipinski definition) is 5. The lowest BCUT2D eigenvalue weighted by atomic mass is 10.3. The number of hydrogen-bond donors (Lipinski definition) is 2. The molecule has 1 amide bonds. The Morgan fingerprint density at radius 1 is 1.25 bits per heavy atom. The zero-order valence-corrected chi connectivity index (χ0v) is 11.1. The van der Waals surface area contributed by atoms with Crippen LogP contribution in [-0.4, -0.2) is 74.7 Å². The van der Waals surface area contributed by atoms with Crippen LogP contribution in [0.4, 0.5) is 0 Å². The standard InChI is InChI=1S/C12H17N5O3/c18-9(19)7-16-3-5-17(6-4-16)12(20)11-13-10(14-15-11)8-1-2-8/h8H,1-7H2,(H,18,19)(H,13,14,15). The van der Waals surface area contributed by atoms with Gasteiger partial charge in [0.2, 0.25) is 5.82 Å². The van der Waals surface area contributed by atoms with E-state index in [0.29, 0.717) is 32.1 Å². The highest BCUT2D eigenvalue weighted by Gasteiger charge is 2.30. The Morgan fingerprint density at radius 3 is 2.55 bits per heavy atom. The van der Waals surface area contributed by atoms with E-state index in [9.17, 15) is 9.59 Å². The SMILES string of the molecule is O=C(O)CN1CCN(C(=O)c2n[nH]c(C3CC3)n2)CC1. The lowest BCUT2D eigenvalue weighted by Gasteiger charge is -2.33. The molecule has 108 valence electrons. The molecule has 1 aliphatic heterocycles. The Kier molecular flexibility index (Phi) is 3.39. The molecule has 2 heterocycles. The number of aliphatic carboxylic acids is 1. The van der Waals surface area contributed by atoms with Gasteiger partial charge in [-0.1, -0.05) is 0 Å². The maximum Gasteiger partial charge on any atom is 0.317 e. The smallest absolute Gasteiger partial charge is 0.317 e. The molecular weight excluding hydrogens is 262 g/mol. The van der Waals surface area contributed by atoms with Crippen LogP contribution in [-0.2, 0) is 4.79 Å². The molecule has 1 aromatic rings. The second-order valence-electron chi connectivity index (χ2n) is 5.28. The van der Waals surface area contributed by atoms with Gasteiger partial charge in [0.15, 0.2) is 0 Å². The van der Waals surface area contributed by atoms with Gasteiger partial charge in [-0.05, 0) is 12.8 Å². The number of nitrogens with one attached hydrogen (secondary N) is 1. The number of aromatic amines is 1. The number of piperazine rings is 1. The van der Waals surface area contributed by atoms with Crippen molar-refractivity contribution in [3.63, 3.8) is 0 Å². The fourth-order valence-electron chi connectivity index (χ4n) is 2.35. The maximum atomic E-state index is 12.2. The molecular formula is C12H17N5O3. The van der Waals surface area contributed by atoms with Crippen LogP contribution in [0.25, 0.3) is 0 Å². The maximum absolute atomic E-state index is 12.2. The van der Waals surface area contributed by atoms with E-state index < -0.39 is 5.97 Å². The van der Waals surface area contributed by atoms with Crippen molar-refractivity contribution >= 4 is 11.9 Å². The van der Waals surface area contributed by atoms with Crippen molar-refractivity contribution in [3.8, 4) is 0 Å². The van der Waals surface area contributed by atoms with E-state index in [1.165, 1.54) is 0 Å². The number of nitrogens with zero attached hydrogens (tertiary/aromatic N) is 4. The van der Waals surface area contributed by atoms with E-state index in [4.69, 9.17) is 5.11 Å². The van der Waals surface area contributed by atoms with E-state index >= 15 is 0 Å². The predicted molar refractivity (Wildman–Crippen MR) is 68.3 cm³/mol. The summed E-state index contributed by atoms with van der Waals surface area (Å²) in [6.07, 6.45) is 2.22. The van der Waals surface area contributed by atoms with Crippen LogP contribution in [0.5, 0.6) is 0 Å². The minimum absolute atomic E-state index is 0.0223. The summed E-state index contributed by atoms with van der Waals surface area (Å²) in [6, 6.07) is 0. The van der Waals surface area contributed by atoms with Crippen molar-refractivity contribution in [2.75, 3.05) is 32.7 Å². The van der Waals surface area contributed by atoms with Crippen LogP contribution < -0.4 is 0 Å². The number of carbonyl (C=O) groups is 2. The first-order valence-corrected chi connectivity index (χ1v) is 6.79. The Balaban J connectivity index is 1.56. The summed E-state index contributed by atoms with van der Waals surface area (Å²) in [7, 11) is 0.